The molecule has 0 aliphatic rings. The third-order valence-electron chi connectivity index (χ3n) is 18.6. The molecule has 576 valence electrons. The van der Waals surface area contributed by atoms with Gasteiger partial charge in [-0.3, -0.25) is 37.3 Å². The molecular formula is C78H152O17P2. The molecule has 0 spiro atoms. The Morgan fingerprint density at radius 2 is 0.526 bits per heavy atom. The third-order valence-corrected chi connectivity index (χ3v) is 20.5. The fourth-order valence-electron chi connectivity index (χ4n) is 12.0. The Balaban J connectivity index is 5.21. The lowest BCUT2D eigenvalue weighted by molar-refractivity contribution is -0.161. The summed E-state index contributed by atoms with van der Waals surface area (Å²) in [6.07, 6.45) is 58.6. The zero-order valence-electron chi connectivity index (χ0n) is 63.4. The monoisotopic (exact) mass is 1420 g/mol. The molecule has 19 heteroatoms. The summed E-state index contributed by atoms with van der Waals surface area (Å²) in [4.78, 5) is 72.8. The lowest BCUT2D eigenvalue weighted by Crippen LogP contribution is -2.30. The molecule has 3 N–H and O–H groups in total. The second-order valence-corrected chi connectivity index (χ2v) is 31.7. The minimum absolute atomic E-state index is 0.103. The molecule has 0 heterocycles. The Kier molecular flexibility index (Phi) is 68.4. The van der Waals surface area contributed by atoms with Crippen LogP contribution in [0.1, 0.15) is 408 Å². The van der Waals surface area contributed by atoms with E-state index in [2.05, 4.69) is 41.5 Å². The number of phosphoric ester groups is 2. The quantitative estimate of drug-likeness (QED) is 0.0222. The number of carbonyl (C=O) groups excluding carboxylic acids is 4. The summed E-state index contributed by atoms with van der Waals surface area (Å²) in [7, 11) is -9.91. The van der Waals surface area contributed by atoms with Crippen molar-refractivity contribution in [3.05, 3.63) is 0 Å². The van der Waals surface area contributed by atoms with Gasteiger partial charge in [0, 0.05) is 25.7 Å². The van der Waals surface area contributed by atoms with Crippen molar-refractivity contribution >= 4 is 39.5 Å². The molecule has 17 nitrogen and oxygen atoms in total. The van der Waals surface area contributed by atoms with Crippen molar-refractivity contribution in [2.24, 2.45) is 11.8 Å². The number of hydrogen-bond donors (Lipinski definition) is 3. The number of rotatable bonds is 77. The molecule has 0 aliphatic heterocycles. The molecule has 0 aromatic carbocycles. The minimum Gasteiger partial charge on any atom is -0.462 e. The van der Waals surface area contributed by atoms with E-state index in [1.807, 2.05) is 0 Å². The summed E-state index contributed by atoms with van der Waals surface area (Å²) < 4.78 is 68.5. The van der Waals surface area contributed by atoms with Crippen LogP contribution in [0.25, 0.3) is 0 Å². The van der Waals surface area contributed by atoms with Crippen LogP contribution in [-0.2, 0) is 65.4 Å². The van der Waals surface area contributed by atoms with E-state index in [9.17, 15) is 43.2 Å². The maximum absolute atomic E-state index is 13.1. The van der Waals surface area contributed by atoms with E-state index >= 15 is 0 Å². The topological polar surface area (TPSA) is 237 Å². The second kappa shape index (κ2) is 69.8. The van der Waals surface area contributed by atoms with Crippen molar-refractivity contribution in [2.45, 2.75) is 426 Å². The number of hydrogen-bond acceptors (Lipinski definition) is 15. The highest BCUT2D eigenvalue weighted by Gasteiger charge is 2.30. The third kappa shape index (κ3) is 70.9. The predicted molar refractivity (Wildman–Crippen MR) is 395 cm³/mol. The van der Waals surface area contributed by atoms with E-state index in [-0.39, 0.29) is 25.7 Å². The first-order valence-electron chi connectivity index (χ1n) is 40.5. The predicted octanol–water partition coefficient (Wildman–Crippen LogP) is 23.1. The van der Waals surface area contributed by atoms with Crippen LogP contribution in [0.3, 0.4) is 0 Å². The van der Waals surface area contributed by atoms with Gasteiger partial charge in [-0.1, -0.05) is 356 Å². The van der Waals surface area contributed by atoms with Crippen molar-refractivity contribution in [1.82, 2.24) is 0 Å². The summed E-state index contributed by atoms with van der Waals surface area (Å²) in [5.74, 6) is -0.691. The van der Waals surface area contributed by atoms with Gasteiger partial charge >= 0.3 is 39.5 Å². The van der Waals surface area contributed by atoms with E-state index in [4.69, 9.17) is 37.0 Å². The van der Waals surface area contributed by atoms with Crippen molar-refractivity contribution in [1.29, 1.82) is 0 Å². The molecule has 3 unspecified atom stereocenters. The molecule has 0 aromatic heterocycles. The van der Waals surface area contributed by atoms with Crippen molar-refractivity contribution in [2.75, 3.05) is 39.6 Å². The molecule has 0 amide bonds. The zero-order chi connectivity index (χ0) is 71.4. The van der Waals surface area contributed by atoms with Gasteiger partial charge in [-0.25, -0.2) is 9.13 Å². The molecule has 6 atom stereocenters. The minimum atomic E-state index is -4.96. The second-order valence-electron chi connectivity index (χ2n) is 28.8. The number of esters is 4. The average molecular weight is 1420 g/mol. The fraction of sp³-hybridized carbons (Fsp3) is 0.949. The van der Waals surface area contributed by atoms with Crippen molar-refractivity contribution < 1.29 is 80.2 Å². The van der Waals surface area contributed by atoms with Gasteiger partial charge in [-0.15, -0.1) is 0 Å². The summed E-state index contributed by atoms with van der Waals surface area (Å²) in [6.45, 7) is 9.50. The van der Waals surface area contributed by atoms with E-state index in [0.717, 1.165) is 102 Å². The molecule has 0 rings (SSSR count). The molecular weight excluding hydrogens is 1270 g/mol. The van der Waals surface area contributed by atoms with Crippen LogP contribution in [0, 0.1) is 11.8 Å². The lowest BCUT2D eigenvalue weighted by atomic mass is 10.00. The van der Waals surface area contributed by atoms with Crippen molar-refractivity contribution in [3.63, 3.8) is 0 Å². The zero-order valence-corrected chi connectivity index (χ0v) is 65.2. The summed E-state index contributed by atoms with van der Waals surface area (Å²) in [6, 6.07) is 0. The highest BCUT2D eigenvalue weighted by molar-refractivity contribution is 7.47. The standard InChI is InChI=1S/C78H152O17P2/c1-7-10-12-14-16-18-20-22-24-26-28-30-32-34-36-38-42-50-56-62-77(82)94-73(66-88-75(80)60-54-48-41-37-35-33-31-29-27-25-23-21-19-17-15-13-11-8-2)68-92-96(84,85)90-64-72(79)65-91-97(86,87)93-69-74(95-78(83)63-57-51-43-39-40-46-52-58-70(4)5)67-89-76(81)61-55-49-45-44-47-53-59-71(6)9-3/h70-74,79H,7-69H2,1-6H3,(H,84,85)(H,86,87)/t71?,72-,73-,74-/m1/s1. The number of aliphatic hydroxyl groups excluding tert-OH is 1. The molecule has 0 saturated heterocycles. The first-order valence-corrected chi connectivity index (χ1v) is 43.5. The van der Waals surface area contributed by atoms with Crippen molar-refractivity contribution in [3.8, 4) is 0 Å². The Morgan fingerprint density at radius 1 is 0.299 bits per heavy atom. The van der Waals surface area contributed by atoms with Crippen LogP contribution in [0.2, 0.25) is 0 Å². The number of aliphatic hydroxyl groups is 1. The highest BCUT2D eigenvalue weighted by atomic mass is 31.2. The number of phosphoric acid groups is 2. The first-order chi connectivity index (χ1) is 46.9. The van der Waals surface area contributed by atoms with Crippen LogP contribution in [0.4, 0.5) is 0 Å². The van der Waals surface area contributed by atoms with E-state index in [1.165, 1.54) is 218 Å². The van der Waals surface area contributed by atoms with E-state index < -0.39 is 97.5 Å². The Morgan fingerprint density at radius 3 is 0.784 bits per heavy atom. The van der Waals surface area contributed by atoms with Gasteiger partial charge in [0.15, 0.2) is 12.2 Å². The van der Waals surface area contributed by atoms with Gasteiger partial charge in [0.1, 0.15) is 19.3 Å². The SMILES string of the molecule is CCCCCCCCCCCCCCCCCCCCCC(=O)O[C@H](COC(=O)CCCCCCCCCCCCCCCCCCCC)COP(=O)(O)OC[C@@H](O)COP(=O)(O)OC[C@@H](COC(=O)CCCCCCCCC(C)CC)OC(=O)CCCCCCCCCC(C)C. The molecule has 0 fully saturated rings. The smallest absolute Gasteiger partial charge is 0.462 e. The van der Waals surface area contributed by atoms with Gasteiger partial charge in [-0.05, 0) is 37.5 Å². The number of carbonyl (C=O) groups is 4. The summed E-state index contributed by atoms with van der Waals surface area (Å²) >= 11 is 0. The average Bonchev–Trinajstić information content (AvgIpc) is 1.41. The number of unbranched alkanes of at least 4 members (excludes halogenated alkanes) is 46. The molecule has 0 aromatic rings. The Hall–Kier alpha value is -1.94. The normalized spacial score (nSPS) is 14.2. The molecule has 97 heavy (non-hydrogen) atoms. The fourth-order valence-corrected chi connectivity index (χ4v) is 13.6. The summed E-state index contributed by atoms with van der Waals surface area (Å²) in [5.41, 5.74) is 0. The largest absolute Gasteiger partial charge is 0.472 e. The molecule has 0 radical (unpaired) electrons. The van der Waals surface area contributed by atoms with Gasteiger partial charge in [0.25, 0.3) is 0 Å². The van der Waals surface area contributed by atoms with Crippen LogP contribution < -0.4 is 0 Å². The Labute approximate surface area is 594 Å². The number of ether oxygens (including phenoxy) is 4. The van der Waals surface area contributed by atoms with Crippen LogP contribution in [0.15, 0.2) is 0 Å². The maximum Gasteiger partial charge on any atom is 0.472 e. The van der Waals surface area contributed by atoms with E-state index in [0.29, 0.717) is 31.6 Å². The van der Waals surface area contributed by atoms with Crippen LogP contribution in [0.5, 0.6) is 0 Å². The van der Waals surface area contributed by atoms with Gasteiger partial charge in [0.2, 0.25) is 0 Å². The molecule has 0 saturated carbocycles. The van der Waals surface area contributed by atoms with Crippen LogP contribution >= 0.6 is 15.6 Å². The van der Waals surface area contributed by atoms with Gasteiger partial charge < -0.3 is 33.8 Å². The summed E-state index contributed by atoms with van der Waals surface area (Å²) in [5, 5.41) is 10.6. The van der Waals surface area contributed by atoms with Gasteiger partial charge in [0.05, 0.1) is 26.4 Å². The van der Waals surface area contributed by atoms with E-state index in [1.54, 1.807) is 0 Å². The van der Waals surface area contributed by atoms with Crippen LogP contribution in [-0.4, -0.2) is 96.7 Å². The first kappa shape index (κ1) is 95.1. The highest BCUT2D eigenvalue weighted by Crippen LogP contribution is 2.45. The molecule has 0 aliphatic carbocycles. The molecule has 0 bridgehead atoms. The Bertz CT molecular complexity index is 1870. The maximum atomic E-state index is 13.1. The lowest BCUT2D eigenvalue weighted by Gasteiger charge is -2.21. The van der Waals surface area contributed by atoms with Gasteiger partial charge in [-0.2, -0.15) is 0 Å².